The first-order valence-electron chi connectivity index (χ1n) is 6.58. The first-order chi connectivity index (χ1) is 8.51. The molecule has 18 heavy (non-hydrogen) atoms. The molecule has 0 heterocycles. The molecule has 1 aliphatic rings. The molecule has 0 unspecified atom stereocenters. The molecule has 5 heteroatoms. The number of nitrogens with two attached hydrogens (primary N) is 1. The van der Waals surface area contributed by atoms with Crippen LogP contribution in [0.2, 0.25) is 0 Å². The molecule has 0 radical (unpaired) electrons. The van der Waals surface area contributed by atoms with Crippen molar-refractivity contribution >= 4 is 11.9 Å². The molecule has 5 nitrogen and oxygen atoms in total. The van der Waals surface area contributed by atoms with Crippen LogP contribution >= 0.6 is 0 Å². The number of esters is 2. The van der Waals surface area contributed by atoms with Crippen molar-refractivity contribution in [2.24, 2.45) is 5.73 Å². The lowest BCUT2D eigenvalue weighted by Gasteiger charge is -1.93. The van der Waals surface area contributed by atoms with Gasteiger partial charge in [-0.3, -0.25) is 9.59 Å². The summed E-state index contributed by atoms with van der Waals surface area (Å²) in [6.07, 6.45) is 3.49. The summed E-state index contributed by atoms with van der Waals surface area (Å²) in [5.74, 6) is -0.245. The monoisotopic (exact) mass is 261 g/mol. The highest BCUT2D eigenvalue weighted by atomic mass is 16.5. The number of rotatable bonds is 4. The van der Waals surface area contributed by atoms with E-state index in [1.807, 2.05) is 0 Å². The molecule has 108 valence electrons. The van der Waals surface area contributed by atoms with Crippen LogP contribution in [0.5, 0.6) is 0 Å². The maximum atomic E-state index is 10.2. The Bertz CT molecular complexity index is 197. The molecule has 0 aromatic rings. The Labute approximate surface area is 110 Å². The van der Waals surface area contributed by atoms with Gasteiger partial charge in [-0.15, -0.1) is 0 Å². The van der Waals surface area contributed by atoms with E-state index in [1.54, 1.807) is 27.7 Å². The zero-order valence-electron chi connectivity index (χ0n) is 12.0. The molecule has 0 atom stereocenters. The van der Waals surface area contributed by atoms with Crippen molar-refractivity contribution in [2.75, 3.05) is 13.2 Å². The molecule has 0 spiro atoms. The van der Waals surface area contributed by atoms with Gasteiger partial charge < -0.3 is 15.2 Å². The van der Waals surface area contributed by atoms with Crippen molar-refractivity contribution in [2.45, 2.75) is 59.4 Å². The number of carbonyl (C=O) groups excluding carboxylic acids is 2. The van der Waals surface area contributed by atoms with Crippen LogP contribution in [0.3, 0.4) is 0 Å². The van der Waals surface area contributed by atoms with Crippen molar-refractivity contribution in [1.29, 1.82) is 0 Å². The average Bonchev–Trinajstić information content (AvgIpc) is 3.13. The third-order valence-corrected chi connectivity index (χ3v) is 1.81. The lowest BCUT2D eigenvalue weighted by molar-refractivity contribution is -0.143. The minimum atomic E-state index is -0.123. The molecule has 0 bridgehead atoms. The van der Waals surface area contributed by atoms with E-state index in [9.17, 15) is 9.59 Å². The lowest BCUT2D eigenvalue weighted by Crippen LogP contribution is -2.00. The summed E-state index contributed by atoms with van der Waals surface area (Å²) in [7, 11) is 0. The number of ether oxygens (including phenoxy) is 2. The number of carbonyl (C=O) groups is 2. The fourth-order valence-electron chi connectivity index (χ4n) is 0.622. The summed E-state index contributed by atoms with van der Waals surface area (Å²) in [4.78, 5) is 20.4. The van der Waals surface area contributed by atoms with Gasteiger partial charge in [0, 0.05) is 18.9 Å². The number of hydrogen-bond acceptors (Lipinski definition) is 5. The van der Waals surface area contributed by atoms with E-state index in [1.165, 1.54) is 12.8 Å². The Morgan fingerprint density at radius 2 is 1.22 bits per heavy atom. The van der Waals surface area contributed by atoms with Crippen LogP contribution < -0.4 is 5.73 Å². The molecule has 0 saturated heterocycles. The highest BCUT2D eigenvalue weighted by molar-refractivity contribution is 5.69. The SMILES string of the molecule is CCOC(=O)CC.CCOC(=O)CC.NC1CC1. The Morgan fingerprint density at radius 3 is 1.28 bits per heavy atom. The van der Waals surface area contributed by atoms with Gasteiger partial charge >= 0.3 is 11.9 Å². The van der Waals surface area contributed by atoms with Crippen LogP contribution in [-0.2, 0) is 19.1 Å². The van der Waals surface area contributed by atoms with Crippen LogP contribution in [0.1, 0.15) is 53.4 Å². The highest BCUT2D eigenvalue weighted by Crippen LogP contribution is 2.13. The van der Waals surface area contributed by atoms with Gasteiger partial charge in [0.2, 0.25) is 0 Å². The van der Waals surface area contributed by atoms with E-state index in [2.05, 4.69) is 9.47 Å². The molecule has 2 N–H and O–H groups in total. The molecule has 0 amide bonds. The zero-order valence-corrected chi connectivity index (χ0v) is 12.0. The lowest BCUT2D eigenvalue weighted by atomic mass is 10.5. The molecule has 0 aromatic heterocycles. The van der Waals surface area contributed by atoms with Gasteiger partial charge in [0.1, 0.15) is 0 Å². The van der Waals surface area contributed by atoms with Crippen LogP contribution in [0.4, 0.5) is 0 Å². The Kier molecular flexibility index (Phi) is 14.9. The summed E-state index contributed by atoms with van der Waals surface area (Å²) in [5.41, 5.74) is 5.22. The van der Waals surface area contributed by atoms with E-state index in [0.717, 1.165) is 0 Å². The standard InChI is InChI=1S/2C5H10O2.C3H7N/c2*1-3-5(6)7-4-2;4-3-1-2-3/h2*3-4H2,1-2H3;3H,1-2,4H2. The Hall–Kier alpha value is -1.10. The second-order valence-electron chi connectivity index (χ2n) is 3.65. The topological polar surface area (TPSA) is 78.6 Å². The van der Waals surface area contributed by atoms with Gasteiger partial charge in [-0.1, -0.05) is 13.8 Å². The van der Waals surface area contributed by atoms with Crippen molar-refractivity contribution in [1.82, 2.24) is 0 Å². The van der Waals surface area contributed by atoms with Gasteiger partial charge in [0.05, 0.1) is 13.2 Å². The van der Waals surface area contributed by atoms with Crippen molar-refractivity contribution in [3.63, 3.8) is 0 Å². The van der Waals surface area contributed by atoms with Crippen LogP contribution in [-0.4, -0.2) is 31.2 Å². The van der Waals surface area contributed by atoms with E-state index >= 15 is 0 Å². The average molecular weight is 261 g/mol. The quantitative estimate of drug-likeness (QED) is 0.783. The van der Waals surface area contributed by atoms with Crippen LogP contribution in [0.25, 0.3) is 0 Å². The Balaban J connectivity index is 0. The molecule has 0 aliphatic heterocycles. The molecule has 1 fully saturated rings. The van der Waals surface area contributed by atoms with Gasteiger partial charge in [-0.2, -0.15) is 0 Å². The molecule has 1 rings (SSSR count). The fraction of sp³-hybridized carbons (Fsp3) is 0.846. The van der Waals surface area contributed by atoms with Gasteiger partial charge in [0.25, 0.3) is 0 Å². The molecule has 0 aromatic carbocycles. The van der Waals surface area contributed by atoms with Crippen molar-refractivity contribution < 1.29 is 19.1 Å². The highest BCUT2D eigenvalue weighted by Gasteiger charge is 2.13. The summed E-state index contributed by atoms with van der Waals surface area (Å²) >= 11 is 0. The van der Waals surface area contributed by atoms with E-state index in [4.69, 9.17) is 5.73 Å². The molecular weight excluding hydrogens is 234 g/mol. The zero-order chi connectivity index (χ0) is 14.4. The van der Waals surface area contributed by atoms with E-state index in [-0.39, 0.29) is 11.9 Å². The largest absolute Gasteiger partial charge is 0.466 e. The van der Waals surface area contributed by atoms with Crippen molar-refractivity contribution in [3.8, 4) is 0 Å². The fourth-order valence-corrected chi connectivity index (χ4v) is 0.622. The summed E-state index contributed by atoms with van der Waals surface area (Å²) < 4.78 is 9.10. The van der Waals surface area contributed by atoms with E-state index < -0.39 is 0 Å². The smallest absolute Gasteiger partial charge is 0.305 e. The van der Waals surface area contributed by atoms with Crippen LogP contribution in [0, 0.1) is 0 Å². The third-order valence-electron chi connectivity index (χ3n) is 1.81. The second kappa shape index (κ2) is 14.0. The summed E-state index contributed by atoms with van der Waals surface area (Å²) in [6.45, 7) is 8.14. The first kappa shape index (κ1) is 19.2. The molecule has 1 aliphatic carbocycles. The summed E-state index contributed by atoms with van der Waals surface area (Å²) in [6, 6.07) is 0.583. The maximum absolute atomic E-state index is 10.2. The predicted octanol–water partition coefficient (Wildman–Crippen LogP) is 2.03. The van der Waals surface area contributed by atoms with Crippen LogP contribution in [0.15, 0.2) is 0 Å². The predicted molar refractivity (Wildman–Crippen MR) is 71.1 cm³/mol. The maximum Gasteiger partial charge on any atom is 0.305 e. The normalized spacial score (nSPS) is 12.3. The van der Waals surface area contributed by atoms with Gasteiger partial charge in [-0.05, 0) is 26.7 Å². The number of hydrogen-bond donors (Lipinski definition) is 1. The first-order valence-corrected chi connectivity index (χ1v) is 6.58. The van der Waals surface area contributed by atoms with Gasteiger partial charge in [0.15, 0.2) is 0 Å². The third kappa shape index (κ3) is 20.3. The molecule has 1 saturated carbocycles. The molecular formula is C13H27NO4. The van der Waals surface area contributed by atoms with E-state index in [0.29, 0.717) is 32.1 Å². The second-order valence-corrected chi connectivity index (χ2v) is 3.65. The minimum absolute atomic E-state index is 0.123. The van der Waals surface area contributed by atoms with Crippen molar-refractivity contribution in [3.05, 3.63) is 0 Å². The minimum Gasteiger partial charge on any atom is -0.466 e. The Morgan fingerprint density at radius 1 is 0.944 bits per heavy atom. The summed E-state index contributed by atoms with van der Waals surface area (Å²) in [5, 5.41) is 0. The van der Waals surface area contributed by atoms with Gasteiger partial charge in [-0.25, -0.2) is 0 Å².